The van der Waals surface area contributed by atoms with Crippen molar-refractivity contribution in [2.45, 2.75) is 44.3 Å². The maximum absolute atomic E-state index is 13.4. The van der Waals surface area contributed by atoms with Crippen molar-refractivity contribution in [2.75, 3.05) is 18.5 Å². The van der Waals surface area contributed by atoms with Gasteiger partial charge in [-0.3, -0.25) is 14.2 Å². The first-order valence-corrected chi connectivity index (χ1v) is 12.2. The third-order valence-corrected chi connectivity index (χ3v) is 7.24. The number of nitrogens with zero attached hydrogens (tertiary/aromatic N) is 4. The fraction of sp³-hybridized carbons (Fsp3) is 0.391. The fourth-order valence-electron chi connectivity index (χ4n) is 4.46. The van der Waals surface area contributed by atoms with Crippen molar-refractivity contribution < 1.29 is 25.4 Å². The lowest BCUT2D eigenvalue weighted by molar-refractivity contribution is -0.137. The Kier molecular flexibility index (Phi) is 5.82. The number of anilines is 1. The Morgan fingerprint density at radius 2 is 2.17 bits per heavy atom. The van der Waals surface area contributed by atoms with Crippen molar-refractivity contribution in [3.05, 3.63) is 61.2 Å². The molecule has 1 amide bonds. The van der Waals surface area contributed by atoms with Gasteiger partial charge in [0.15, 0.2) is 5.82 Å². The highest BCUT2D eigenvalue weighted by atomic mass is 79.9. The monoisotopic (exact) mass is 587 g/mol. The van der Waals surface area contributed by atoms with Crippen LogP contribution in [0, 0.1) is 0 Å². The van der Waals surface area contributed by atoms with Crippen LogP contribution in [0.15, 0.2) is 33.5 Å². The van der Waals surface area contributed by atoms with E-state index in [2.05, 4.69) is 31.3 Å². The summed E-state index contributed by atoms with van der Waals surface area (Å²) in [5, 5.41) is 6.68. The highest BCUT2D eigenvalue weighted by Gasteiger charge is 2.38. The van der Waals surface area contributed by atoms with Gasteiger partial charge in [-0.2, -0.15) is 22.7 Å². The highest BCUT2D eigenvalue weighted by Crippen LogP contribution is 2.41. The molecule has 1 aromatic carbocycles. The minimum Gasteiger partial charge on any atom is -0.377 e. The summed E-state index contributed by atoms with van der Waals surface area (Å²) < 4.78 is 62.7. The average molecular weight is 589 g/mol. The predicted octanol–water partition coefficient (Wildman–Crippen LogP) is 5.21. The zero-order valence-electron chi connectivity index (χ0n) is 20.7. The van der Waals surface area contributed by atoms with E-state index >= 15 is 0 Å². The van der Waals surface area contributed by atoms with E-state index in [9.17, 15) is 22.8 Å². The number of amides is 1. The number of hydrogen-bond donors (Lipinski definition) is 1. The second-order valence-electron chi connectivity index (χ2n) is 8.54. The summed E-state index contributed by atoms with van der Waals surface area (Å²) in [7, 11) is 0. The number of carbonyl (C=O) groups is 1. The van der Waals surface area contributed by atoms with E-state index in [0.717, 1.165) is 22.7 Å². The number of fused-ring (bicyclic) bond motifs is 3. The van der Waals surface area contributed by atoms with Gasteiger partial charge in [0, 0.05) is 18.2 Å². The van der Waals surface area contributed by atoms with E-state index in [4.69, 9.17) is 19.1 Å². The molecule has 36 heavy (non-hydrogen) atoms. The van der Waals surface area contributed by atoms with Gasteiger partial charge in [0.25, 0.3) is 5.56 Å². The molecule has 5 rings (SSSR count). The molecule has 0 saturated carbocycles. The smallest absolute Gasteiger partial charge is 0.377 e. The maximum Gasteiger partial charge on any atom is 0.416 e. The van der Waals surface area contributed by atoms with Crippen LogP contribution in [0.2, 0.25) is 5.02 Å². The fourth-order valence-corrected chi connectivity index (χ4v) is 5.44. The Hall–Kier alpha value is -2.70. The molecule has 0 radical (unpaired) electrons. The Balaban J connectivity index is 1.54. The van der Waals surface area contributed by atoms with Gasteiger partial charge in [-0.05, 0) is 59.0 Å². The molecule has 2 aliphatic heterocycles. The van der Waals surface area contributed by atoms with Crippen LogP contribution < -0.4 is 10.9 Å². The van der Waals surface area contributed by atoms with Crippen LogP contribution in [0.25, 0.3) is 11.4 Å². The summed E-state index contributed by atoms with van der Waals surface area (Å²) in [5.41, 5.74) is -0.254. The number of alkyl halides is 3. The lowest BCUT2D eigenvalue weighted by atomic mass is 10.0. The van der Waals surface area contributed by atoms with E-state index in [0.29, 0.717) is 17.7 Å². The number of carbonyl (C=O) groups excluding carboxylic acids is 1. The SMILES string of the molecule is [2H]C1([2H])CCC(c2nc3n4c(c(Br)c(=O)n3n2)C(C)CC4C(=O)Nc2ccc(C(F)(F)F)cc2Cl)=CCO1. The van der Waals surface area contributed by atoms with Gasteiger partial charge in [0.1, 0.15) is 10.5 Å². The van der Waals surface area contributed by atoms with Gasteiger partial charge in [0.05, 0.1) is 25.6 Å². The van der Waals surface area contributed by atoms with Gasteiger partial charge < -0.3 is 10.1 Å². The van der Waals surface area contributed by atoms with Crippen LogP contribution in [0.3, 0.4) is 0 Å². The van der Waals surface area contributed by atoms with E-state index < -0.39 is 35.8 Å². The summed E-state index contributed by atoms with van der Waals surface area (Å²) in [5.74, 6) is -0.464. The van der Waals surface area contributed by atoms with Crippen molar-refractivity contribution in [3.63, 3.8) is 0 Å². The Morgan fingerprint density at radius 1 is 1.39 bits per heavy atom. The van der Waals surface area contributed by atoms with Crippen molar-refractivity contribution >= 4 is 50.5 Å². The van der Waals surface area contributed by atoms with Crippen molar-refractivity contribution in [3.8, 4) is 0 Å². The molecule has 190 valence electrons. The summed E-state index contributed by atoms with van der Waals surface area (Å²) in [6.45, 7) is 0.0424. The first-order valence-electron chi connectivity index (χ1n) is 12.0. The van der Waals surface area contributed by atoms with Crippen LogP contribution in [0.1, 0.15) is 58.0 Å². The van der Waals surface area contributed by atoms with Crippen molar-refractivity contribution in [1.29, 1.82) is 0 Å². The van der Waals surface area contributed by atoms with Crippen LogP contribution >= 0.6 is 27.5 Å². The molecular formula is C23H20BrClF3N5O3. The summed E-state index contributed by atoms with van der Waals surface area (Å²) in [4.78, 5) is 31.0. The standard InChI is InChI=1S/C23H20BrClF3N5O3/c1-11-9-16(20(34)29-15-5-4-13(10-14(15)25)23(26,27)28)32-18(11)17(24)21(35)33-22(32)30-19(31-33)12-3-2-7-36-8-6-12/h4-6,10-11,16H,2-3,7-9H2,1H3,(H,29,34)/i7D2. The van der Waals surface area contributed by atoms with Gasteiger partial charge in [0.2, 0.25) is 11.7 Å². The zero-order valence-corrected chi connectivity index (χ0v) is 21.0. The van der Waals surface area contributed by atoms with Crippen molar-refractivity contribution in [1.82, 2.24) is 19.2 Å². The van der Waals surface area contributed by atoms with Crippen LogP contribution in [-0.2, 0) is 15.7 Å². The number of aromatic nitrogens is 4. The molecule has 3 aromatic rings. The normalized spacial score (nSPS) is 22.4. The number of hydrogen-bond acceptors (Lipinski definition) is 5. The molecule has 0 aliphatic carbocycles. The van der Waals surface area contributed by atoms with Crippen LogP contribution in [-0.4, -0.2) is 38.2 Å². The zero-order chi connectivity index (χ0) is 27.6. The number of rotatable bonds is 3. The second kappa shape index (κ2) is 9.31. The number of benzene rings is 1. The number of allylic oxidation sites excluding steroid dienone is 1. The molecule has 0 bridgehead atoms. The van der Waals surface area contributed by atoms with E-state index in [1.807, 2.05) is 6.92 Å². The van der Waals surface area contributed by atoms with E-state index in [-0.39, 0.29) is 52.2 Å². The number of nitrogens with one attached hydrogen (secondary N) is 1. The second-order valence-corrected chi connectivity index (χ2v) is 9.74. The first-order chi connectivity index (χ1) is 17.8. The molecule has 0 saturated heterocycles. The lowest BCUT2D eigenvalue weighted by Gasteiger charge is -2.17. The average Bonchev–Trinajstić information content (AvgIpc) is 3.36. The third kappa shape index (κ3) is 4.35. The molecule has 13 heteroatoms. The Bertz CT molecular complexity index is 1560. The molecule has 1 N–H and O–H groups in total. The van der Waals surface area contributed by atoms with Gasteiger partial charge >= 0.3 is 6.18 Å². The number of halogens is 5. The molecule has 2 atom stereocenters. The minimum absolute atomic E-state index is 0.00696. The van der Waals surface area contributed by atoms with Crippen molar-refractivity contribution in [2.24, 2.45) is 0 Å². The summed E-state index contributed by atoms with van der Waals surface area (Å²) in [6, 6.07) is 1.80. The quantitative estimate of drug-likeness (QED) is 0.454. The molecule has 8 nitrogen and oxygen atoms in total. The third-order valence-electron chi connectivity index (χ3n) is 6.18. The highest BCUT2D eigenvalue weighted by molar-refractivity contribution is 9.10. The first kappa shape index (κ1) is 22.5. The van der Waals surface area contributed by atoms with Gasteiger partial charge in [-0.25, -0.2) is 0 Å². The van der Waals surface area contributed by atoms with Gasteiger partial charge in [-0.15, -0.1) is 5.10 Å². The molecule has 2 unspecified atom stereocenters. The lowest BCUT2D eigenvalue weighted by Crippen LogP contribution is -2.28. The van der Waals surface area contributed by atoms with E-state index in [1.165, 1.54) is 0 Å². The largest absolute Gasteiger partial charge is 0.416 e. The number of ether oxygens (including phenoxy) is 1. The maximum atomic E-state index is 13.4. The van der Waals surface area contributed by atoms with Gasteiger partial charge in [-0.1, -0.05) is 24.6 Å². The molecular weight excluding hydrogens is 567 g/mol. The van der Waals surface area contributed by atoms with Crippen LogP contribution in [0.4, 0.5) is 18.9 Å². The molecule has 4 heterocycles. The molecule has 2 aliphatic rings. The van der Waals surface area contributed by atoms with Crippen LogP contribution in [0.5, 0.6) is 0 Å². The summed E-state index contributed by atoms with van der Waals surface area (Å²) >= 11 is 9.38. The Morgan fingerprint density at radius 3 is 2.89 bits per heavy atom. The molecule has 0 fully saturated rings. The molecule has 2 aromatic heterocycles. The summed E-state index contributed by atoms with van der Waals surface area (Å²) in [6.07, 6.45) is -2.28. The Labute approximate surface area is 219 Å². The minimum atomic E-state index is -4.58. The topological polar surface area (TPSA) is 90.5 Å². The van der Waals surface area contributed by atoms with E-state index in [1.54, 1.807) is 10.6 Å². The molecule has 0 spiro atoms. The predicted molar refractivity (Wildman–Crippen MR) is 130 cm³/mol.